The number of nitrogens with one attached hydrogen (secondary N) is 1. The van der Waals surface area contributed by atoms with E-state index in [2.05, 4.69) is 15.5 Å². The van der Waals surface area contributed by atoms with Crippen molar-refractivity contribution >= 4 is 23.3 Å². The monoisotopic (exact) mass is 287 g/mol. The van der Waals surface area contributed by atoms with Crippen LogP contribution in [0.15, 0.2) is 24.3 Å². The van der Waals surface area contributed by atoms with Crippen LogP contribution in [-0.2, 0) is 0 Å². The molecule has 1 N–H and O–H groups in total. The molecule has 1 aromatic heterocycles. The zero-order valence-corrected chi connectivity index (χ0v) is 9.88. The van der Waals surface area contributed by atoms with Crippen LogP contribution in [0.25, 0.3) is 0 Å². The molecule has 1 amide bonds. The van der Waals surface area contributed by atoms with E-state index in [1.165, 1.54) is 12.1 Å². The first-order valence-electron chi connectivity index (χ1n) is 4.92. The summed E-state index contributed by atoms with van der Waals surface area (Å²) in [6, 6.07) is 3.88. The summed E-state index contributed by atoms with van der Waals surface area (Å²) in [6.07, 6.45) is 0. The van der Waals surface area contributed by atoms with Crippen LogP contribution in [0.5, 0.6) is 0 Å². The third kappa shape index (κ3) is 3.00. The number of carbonyl (C=O) groups excluding carboxylic acids is 1. The Balaban J connectivity index is 2.23. The SMILES string of the molecule is O=C(Nc1ccc(Cl)nn1)c1cc(F)c(F)c(F)c1. The van der Waals surface area contributed by atoms with Crippen molar-refractivity contribution in [2.45, 2.75) is 0 Å². The van der Waals surface area contributed by atoms with Crippen LogP contribution in [0.1, 0.15) is 10.4 Å². The maximum atomic E-state index is 13.0. The van der Waals surface area contributed by atoms with Gasteiger partial charge in [-0.1, -0.05) is 11.6 Å². The Morgan fingerprint density at radius 1 is 1.11 bits per heavy atom. The number of rotatable bonds is 2. The summed E-state index contributed by atoms with van der Waals surface area (Å²) in [5.74, 6) is -5.35. The highest BCUT2D eigenvalue weighted by Gasteiger charge is 2.15. The van der Waals surface area contributed by atoms with E-state index in [4.69, 9.17) is 11.6 Å². The molecule has 0 unspecified atom stereocenters. The summed E-state index contributed by atoms with van der Waals surface area (Å²) in [5, 5.41) is 9.35. The van der Waals surface area contributed by atoms with E-state index in [9.17, 15) is 18.0 Å². The van der Waals surface area contributed by atoms with Crippen molar-refractivity contribution < 1.29 is 18.0 Å². The lowest BCUT2D eigenvalue weighted by Crippen LogP contribution is -2.14. The molecule has 2 aromatic rings. The molecule has 4 nitrogen and oxygen atoms in total. The molecule has 0 aliphatic carbocycles. The van der Waals surface area contributed by atoms with Crippen LogP contribution in [0.4, 0.5) is 19.0 Å². The maximum Gasteiger partial charge on any atom is 0.257 e. The Bertz CT molecular complexity index is 611. The average molecular weight is 288 g/mol. The number of benzene rings is 1. The van der Waals surface area contributed by atoms with E-state index in [0.29, 0.717) is 12.1 Å². The van der Waals surface area contributed by atoms with Crippen LogP contribution >= 0.6 is 11.6 Å². The van der Waals surface area contributed by atoms with Gasteiger partial charge in [0, 0.05) is 5.56 Å². The molecule has 0 spiro atoms. The molecule has 0 aliphatic heterocycles. The molecule has 0 saturated carbocycles. The van der Waals surface area contributed by atoms with E-state index < -0.39 is 23.4 Å². The fourth-order valence-corrected chi connectivity index (χ4v) is 1.36. The number of amides is 1. The number of halogens is 4. The van der Waals surface area contributed by atoms with Gasteiger partial charge in [-0.3, -0.25) is 4.79 Å². The van der Waals surface area contributed by atoms with Crippen LogP contribution in [-0.4, -0.2) is 16.1 Å². The lowest BCUT2D eigenvalue weighted by molar-refractivity contribution is 0.102. The minimum absolute atomic E-state index is 0.0412. The summed E-state index contributed by atoms with van der Waals surface area (Å²) in [4.78, 5) is 11.6. The average Bonchev–Trinajstić information content (AvgIpc) is 2.38. The van der Waals surface area contributed by atoms with Crippen molar-refractivity contribution in [1.82, 2.24) is 10.2 Å². The van der Waals surface area contributed by atoms with Crippen LogP contribution in [0.2, 0.25) is 5.15 Å². The molecule has 0 radical (unpaired) electrons. The van der Waals surface area contributed by atoms with E-state index in [-0.39, 0.29) is 16.5 Å². The Morgan fingerprint density at radius 3 is 2.26 bits per heavy atom. The van der Waals surface area contributed by atoms with Gasteiger partial charge in [-0.05, 0) is 24.3 Å². The highest BCUT2D eigenvalue weighted by Crippen LogP contribution is 2.15. The van der Waals surface area contributed by atoms with Gasteiger partial charge in [-0.25, -0.2) is 13.2 Å². The van der Waals surface area contributed by atoms with Gasteiger partial charge in [0.15, 0.2) is 28.4 Å². The summed E-state index contributed by atoms with van der Waals surface area (Å²) < 4.78 is 38.6. The number of nitrogens with zero attached hydrogens (tertiary/aromatic N) is 2. The van der Waals surface area contributed by atoms with Crippen molar-refractivity contribution in [3.63, 3.8) is 0 Å². The molecule has 0 fully saturated rings. The summed E-state index contributed by atoms with van der Waals surface area (Å²) in [6.45, 7) is 0. The second kappa shape index (κ2) is 5.23. The molecule has 1 heterocycles. The summed E-state index contributed by atoms with van der Waals surface area (Å²) in [5.41, 5.74) is -0.381. The van der Waals surface area contributed by atoms with Gasteiger partial charge in [0.2, 0.25) is 0 Å². The van der Waals surface area contributed by atoms with Gasteiger partial charge in [0.25, 0.3) is 5.91 Å². The molecule has 1 aromatic carbocycles. The predicted octanol–water partition coefficient (Wildman–Crippen LogP) is 2.80. The first kappa shape index (κ1) is 13.3. The minimum atomic E-state index is -1.64. The van der Waals surface area contributed by atoms with Gasteiger partial charge in [-0.2, -0.15) is 0 Å². The molecular weight excluding hydrogens is 283 g/mol. The van der Waals surface area contributed by atoms with Gasteiger partial charge >= 0.3 is 0 Å². The van der Waals surface area contributed by atoms with Crippen LogP contribution in [0, 0.1) is 17.5 Å². The lowest BCUT2D eigenvalue weighted by atomic mass is 10.2. The van der Waals surface area contributed by atoms with Crippen molar-refractivity contribution in [1.29, 1.82) is 0 Å². The Morgan fingerprint density at radius 2 is 1.74 bits per heavy atom. The molecule has 19 heavy (non-hydrogen) atoms. The van der Waals surface area contributed by atoms with Crippen molar-refractivity contribution in [2.24, 2.45) is 0 Å². The lowest BCUT2D eigenvalue weighted by Gasteiger charge is -2.04. The minimum Gasteiger partial charge on any atom is -0.305 e. The third-order valence-corrected chi connectivity index (χ3v) is 2.32. The zero-order valence-electron chi connectivity index (χ0n) is 9.12. The second-order valence-electron chi connectivity index (χ2n) is 3.45. The normalized spacial score (nSPS) is 10.3. The number of hydrogen-bond donors (Lipinski definition) is 1. The highest BCUT2D eigenvalue weighted by molar-refractivity contribution is 6.29. The van der Waals surface area contributed by atoms with Gasteiger partial charge in [-0.15, -0.1) is 10.2 Å². The first-order chi connectivity index (χ1) is 8.97. The maximum absolute atomic E-state index is 13.0. The number of hydrogen-bond acceptors (Lipinski definition) is 3. The summed E-state index contributed by atoms with van der Waals surface area (Å²) >= 11 is 5.50. The van der Waals surface area contributed by atoms with E-state index in [0.717, 1.165) is 0 Å². The Hall–Kier alpha value is -2.15. The number of carbonyl (C=O) groups is 1. The highest BCUT2D eigenvalue weighted by atomic mass is 35.5. The second-order valence-corrected chi connectivity index (χ2v) is 3.84. The standard InChI is InChI=1S/C11H5ClF3N3O/c12-8-1-2-9(18-17-8)16-11(19)5-3-6(13)10(15)7(14)4-5/h1-4H,(H,16,18,19). The smallest absolute Gasteiger partial charge is 0.257 e. The topological polar surface area (TPSA) is 54.9 Å². The molecule has 0 bridgehead atoms. The van der Waals surface area contributed by atoms with E-state index in [1.54, 1.807) is 0 Å². The number of aromatic nitrogens is 2. The molecule has 0 atom stereocenters. The number of anilines is 1. The van der Waals surface area contributed by atoms with E-state index in [1.807, 2.05) is 0 Å². The third-order valence-electron chi connectivity index (χ3n) is 2.12. The van der Waals surface area contributed by atoms with Crippen molar-refractivity contribution in [3.8, 4) is 0 Å². The van der Waals surface area contributed by atoms with E-state index >= 15 is 0 Å². The first-order valence-corrected chi connectivity index (χ1v) is 5.30. The molecule has 0 saturated heterocycles. The van der Waals surface area contributed by atoms with Crippen molar-refractivity contribution in [3.05, 3.63) is 52.4 Å². The molecule has 0 aliphatic rings. The molecular formula is C11H5ClF3N3O. The fourth-order valence-electron chi connectivity index (χ4n) is 1.26. The Kier molecular flexibility index (Phi) is 3.66. The summed E-state index contributed by atoms with van der Waals surface area (Å²) in [7, 11) is 0. The molecule has 98 valence electrons. The fraction of sp³-hybridized carbons (Fsp3) is 0. The predicted molar refractivity (Wildman–Crippen MR) is 61.3 cm³/mol. The van der Waals surface area contributed by atoms with Gasteiger partial charge < -0.3 is 5.32 Å². The Labute approximate surface area is 110 Å². The van der Waals surface area contributed by atoms with Crippen LogP contribution < -0.4 is 5.32 Å². The van der Waals surface area contributed by atoms with Gasteiger partial charge in [0.1, 0.15) is 0 Å². The van der Waals surface area contributed by atoms with Gasteiger partial charge in [0.05, 0.1) is 0 Å². The largest absolute Gasteiger partial charge is 0.305 e. The van der Waals surface area contributed by atoms with Crippen molar-refractivity contribution in [2.75, 3.05) is 5.32 Å². The zero-order chi connectivity index (χ0) is 14.0. The molecule has 8 heteroatoms. The molecule has 2 rings (SSSR count). The quantitative estimate of drug-likeness (QED) is 0.864. The van der Waals surface area contributed by atoms with Crippen LogP contribution in [0.3, 0.4) is 0 Å².